The molecule has 0 bridgehead atoms. The molecule has 0 spiro atoms. The number of carbonyl (C=O) groups is 2. The fourth-order valence-electron chi connectivity index (χ4n) is 1.44. The van der Waals surface area contributed by atoms with Crippen LogP contribution in [0.5, 0.6) is 5.75 Å². The third-order valence-corrected chi connectivity index (χ3v) is 4.66. The minimum atomic E-state index is -1.34. The van der Waals surface area contributed by atoms with E-state index in [1.54, 1.807) is 6.07 Å². The summed E-state index contributed by atoms with van der Waals surface area (Å²) in [5, 5.41) is 9.59. The zero-order valence-electron chi connectivity index (χ0n) is 11.5. The van der Waals surface area contributed by atoms with Crippen LogP contribution in [0.1, 0.15) is 24.2 Å². The zero-order valence-corrected chi connectivity index (χ0v) is 14.4. The molecule has 0 heterocycles. The van der Waals surface area contributed by atoms with Crippen LogP contribution in [0, 0.1) is 3.57 Å². The third-order valence-electron chi connectivity index (χ3n) is 3.14. The van der Waals surface area contributed by atoms with Crippen LogP contribution in [0.3, 0.4) is 0 Å². The first kappa shape index (κ1) is 17.0. The minimum absolute atomic E-state index is 0.231. The second-order valence-electron chi connectivity index (χ2n) is 4.69. The molecule has 0 radical (unpaired) electrons. The Hall–Kier alpha value is -1.02. The van der Waals surface area contributed by atoms with E-state index < -0.39 is 17.4 Å². The molecule has 0 atom stereocenters. The van der Waals surface area contributed by atoms with Crippen molar-refractivity contribution < 1.29 is 19.4 Å². The standard InChI is InChI=1S/C13H15ClINO4/c1-13(2,12(18)19)16(3)11(17)7-5-8(14)9(15)6-10(7)20-4/h5-6H,1-4H3,(H,18,19). The maximum Gasteiger partial charge on any atom is 0.329 e. The van der Waals surface area contributed by atoms with Crippen molar-refractivity contribution in [3.63, 3.8) is 0 Å². The van der Waals surface area contributed by atoms with Crippen LogP contribution in [0.4, 0.5) is 0 Å². The molecule has 0 saturated carbocycles. The van der Waals surface area contributed by atoms with E-state index in [0.717, 1.165) is 8.47 Å². The maximum atomic E-state index is 12.5. The summed E-state index contributed by atoms with van der Waals surface area (Å²) in [6.45, 7) is 2.90. The number of methoxy groups -OCH3 is 1. The third kappa shape index (κ3) is 3.17. The summed E-state index contributed by atoms with van der Waals surface area (Å²) in [5.41, 5.74) is -1.10. The summed E-state index contributed by atoms with van der Waals surface area (Å²) in [5.74, 6) is -1.20. The number of hydrogen-bond acceptors (Lipinski definition) is 3. The summed E-state index contributed by atoms with van der Waals surface area (Å²) < 4.78 is 5.92. The van der Waals surface area contributed by atoms with Gasteiger partial charge in [0.25, 0.3) is 5.91 Å². The van der Waals surface area contributed by atoms with Gasteiger partial charge < -0.3 is 14.7 Å². The van der Waals surface area contributed by atoms with Gasteiger partial charge in [0.2, 0.25) is 0 Å². The summed E-state index contributed by atoms with van der Waals surface area (Å²) in [4.78, 5) is 24.8. The van der Waals surface area contributed by atoms with Crippen LogP contribution in [0.2, 0.25) is 5.02 Å². The van der Waals surface area contributed by atoms with Gasteiger partial charge in [0.1, 0.15) is 11.3 Å². The van der Waals surface area contributed by atoms with Gasteiger partial charge in [0, 0.05) is 10.6 Å². The van der Waals surface area contributed by atoms with E-state index in [-0.39, 0.29) is 5.56 Å². The van der Waals surface area contributed by atoms with Crippen LogP contribution >= 0.6 is 34.2 Å². The van der Waals surface area contributed by atoms with E-state index in [1.807, 2.05) is 22.6 Å². The van der Waals surface area contributed by atoms with Crippen molar-refractivity contribution in [2.75, 3.05) is 14.2 Å². The Bertz CT molecular complexity index is 560. The van der Waals surface area contributed by atoms with Crippen LogP contribution < -0.4 is 4.74 Å². The first-order chi connectivity index (χ1) is 9.12. The molecule has 7 heteroatoms. The lowest BCUT2D eigenvalue weighted by molar-refractivity contribution is -0.147. The Morgan fingerprint density at radius 2 is 1.95 bits per heavy atom. The lowest BCUT2D eigenvalue weighted by atomic mass is 10.0. The van der Waals surface area contributed by atoms with Crippen LogP contribution in [-0.4, -0.2) is 41.6 Å². The Labute approximate surface area is 136 Å². The van der Waals surface area contributed by atoms with Gasteiger partial charge in [-0.25, -0.2) is 4.79 Å². The summed E-state index contributed by atoms with van der Waals surface area (Å²) in [7, 11) is 2.88. The van der Waals surface area contributed by atoms with Crippen molar-refractivity contribution in [2.45, 2.75) is 19.4 Å². The highest BCUT2D eigenvalue weighted by Gasteiger charge is 2.36. The van der Waals surface area contributed by atoms with E-state index in [4.69, 9.17) is 16.3 Å². The number of carbonyl (C=O) groups excluding carboxylic acids is 1. The topological polar surface area (TPSA) is 66.8 Å². The number of halogens is 2. The average Bonchev–Trinajstić information content (AvgIpc) is 2.39. The zero-order chi connectivity index (χ0) is 15.7. The van der Waals surface area contributed by atoms with Gasteiger partial charge in [-0.2, -0.15) is 0 Å². The average molecular weight is 412 g/mol. The second-order valence-corrected chi connectivity index (χ2v) is 6.26. The van der Waals surface area contributed by atoms with Gasteiger partial charge in [0.15, 0.2) is 0 Å². The second kappa shape index (κ2) is 6.17. The number of aliphatic carboxylic acids is 1. The number of carboxylic acids is 1. The summed E-state index contributed by atoms with van der Waals surface area (Å²) >= 11 is 8.04. The van der Waals surface area contributed by atoms with E-state index >= 15 is 0 Å². The molecule has 110 valence electrons. The fraction of sp³-hybridized carbons (Fsp3) is 0.385. The first-order valence-corrected chi connectivity index (χ1v) is 7.13. The largest absolute Gasteiger partial charge is 0.496 e. The molecular formula is C13H15ClINO4. The number of likely N-dealkylation sites (N-methyl/N-ethyl adjacent to an activating group) is 1. The molecule has 0 fully saturated rings. The highest BCUT2D eigenvalue weighted by atomic mass is 127. The number of ether oxygens (including phenoxy) is 1. The Kier molecular flexibility index (Phi) is 5.26. The van der Waals surface area contributed by atoms with Gasteiger partial charge in [-0.3, -0.25) is 4.79 Å². The number of amides is 1. The van der Waals surface area contributed by atoms with E-state index in [9.17, 15) is 14.7 Å². The van der Waals surface area contributed by atoms with E-state index in [2.05, 4.69) is 0 Å². The van der Waals surface area contributed by atoms with Crippen LogP contribution in [0.25, 0.3) is 0 Å². The summed E-state index contributed by atoms with van der Waals surface area (Å²) in [6, 6.07) is 3.12. The molecule has 0 aliphatic carbocycles. The van der Waals surface area contributed by atoms with Crippen molar-refractivity contribution >= 4 is 46.1 Å². The normalized spacial score (nSPS) is 11.1. The Morgan fingerprint density at radius 3 is 2.40 bits per heavy atom. The molecule has 0 saturated heterocycles. The monoisotopic (exact) mass is 411 g/mol. The molecule has 1 amide bonds. The molecule has 1 aromatic rings. The van der Waals surface area contributed by atoms with Gasteiger partial charge in [-0.05, 0) is 48.6 Å². The SMILES string of the molecule is COc1cc(I)c(Cl)cc1C(=O)N(C)C(C)(C)C(=O)O. The number of carboxylic acid groups (broad SMARTS) is 1. The maximum absolute atomic E-state index is 12.5. The molecule has 1 rings (SSSR count). The molecule has 1 aromatic carbocycles. The molecule has 0 aromatic heterocycles. The van der Waals surface area contributed by atoms with Gasteiger partial charge in [-0.1, -0.05) is 11.6 Å². The molecule has 20 heavy (non-hydrogen) atoms. The number of hydrogen-bond donors (Lipinski definition) is 1. The van der Waals surface area contributed by atoms with Crippen molar-refractivity contribution in [1.82, 2.24) is 4.90 Å². The molecule has 0 aliphatic heterocycles. The Balaban J connectivity index is 3.28. The van der Waals surface area contributed by atoms with Crippen molar-refractivity contribution in [3.8, 4) is 5.75 Å². The van der Waals surface area contributed by atoms with Crippen molar-refractivity contribution in [3.05, 3.63) is 26.3 Å². The Morgan fingerprint density at radius 1 is 1.40 bits per heavy atom. The molecule has 1 N–H and O–H groups in total. The van der Waals surface area contributed by atoms with E-state index in [0.29, 0.717) is 10.8 Å². The summed E-state index contributed by atoms with van der Waals surface area (Å²) in [6.07, 6.45) is 0. The molecule has 0 unspecified atom stereocenters. The fourth-order valence-corrected chi connectivity index (χ4v) is 2.04. The molecule has 5 nitrogen and oxygen atoms in total. The number of benzene rings is 1. The highest BCUT2D eigenvalue weighted by molar-refractivity contribution is 14.1. The molecule has 0 aliphatic rings. The van der Waals surface area contributed by atoms with Gasteiger partial charge in [0.05, 0.1) is 17.7 Å². The van der Waals surface area contributed by atoms with Gasteiger partial charge >= 0.3 is 5.97 Å². The minimum Gasteiger partial charge on any atom is -0.496 e. The quantitative estimate of drug-likeness (QED) is 0.774. The van der Waals surface area contributed by atoms with Crippen molar-refractivity contribution in [2.24, 2.45) is 0 Å². The predicted molar refractivity (Wildman–Crippen MR) is 84.5 cm³/mol. The number of rotatable bonds is 4. The lowest BCUT2D eigenvalue weighted by Gasteiger charge is -2.32. The van der Waals surface area contributed by atoms with E-state index in [1.165, 1.54) is 34.1 Å². The highest BCUT2D eigenvalue weighted by Crippen LogP contribution is 2.30. The van der Waals surface area contributed by atoms with Gasteiger partial charge in [-0.15, -0.1) is 0 Å². The molecular weight excluding hydrogens is 397 g/mol. The van der Waals surface area contributed by atoms with Crippen molar-refractivity contribution in [1.29, 1.82) is 0 Å². The smallest absolute Gasteiger partial charge is 0.329 e. The predicted octanol–water partition coefficient (Wildman–Crippen LogP) is 2.89. The van der Waals surface area contributed by atoms with Crippen LogP contribution in [-0.2, 0) is 4.79 Å². The van der Waals surface area contributed by atoms with Crippen LogP contribution in [0.15, 0.2) is 12.1 Å². The lowest BCUT2D eigenvalue weighted by Crippen LogP contribution is -2.50. The first-order valence-electron chi connectivity index (χ1n) is 5.67. The number of nitrogens with zero attached hydrogens (tertiary/aromatic N) is 1.